The van der Waals surface area contributed by atoms with Gasteiger partial charge in [0.2, 0.25) is 0 Å². The summed E-state index contributed by atoms with van der Waals surface area (Å²) >= 11 is 0. The van der Waals surface area contributed by atoms with Crippen LogP contribution in [0.15, 0.2) is 35.8 Å². The van der Waals surface area contributed by atoms with Crippen LogP contribution in [0, 0.1) is 0 Å². The fraction of sp³-hybridized carbons (Fsp3) is 0.100. The number of hydrogen-bond acceptors (Lipinski definition) is 1. The predicted molar refractivity (Wildman–Crippen MR) is 50.3 cm³/mol. The van der Waals surface area contributed by atoms with Crippen LogP contribution in [-0.4, -0.2) is 6.34 Å². The number of fused-ring (bicyclic) bond motifs is 1. The first-order valence-corrected chi connectivity index (χ1v) is 3.88. The highest BCUT2D eigenvalue weighted by Gasteiger charge is 2.10. The summed E-state index contributed by atoms with van der Waals surface area (Å²) in [7, 11) is 0. The Morgan fingerprint density at radius 3 is 3.17 bits per heavy atom. The number of benzene rings is 1. The molecule has 2 heteroatoms. The lowest BCUT2D eigenvalue weighted by molar-refractivity contribution is 1.25. The van der Waals surface area contributed by atoms with E-state index in [1.54, 1.807) is 6.34 Å². The van der Waals surface area contributed by atoms with E-state index >= 15 is 0 Å². The van der Waals surface area contributed by atoms with Crippen molar-refractivity contribution < 1.29 is 0 Å². The molecule has 2 rings (SSSR count). The summed E-state index contributed by atoms with van der Waals surface area (Å²) < 4.78 is 0. The van der Waals surface area contributed by atoms with Gasteiger partial charge < -0.3 is 0 Å². The zero-order valence-electron chi connectivity index (χ0n) is 6.70. The second-order valence-electron chi connectivity index (χ2n) is 2.65. The van der Waals surface area contributed by atoms with Crippen molar-refractivity contribution in [3.05, 3.63) is 36.4 Å². The third kappa shape index (κ3) is 1.01. The Kier molecular flexibility index (Phi) is 1.67. The van der Waals surface area contributed by atoms with Crippen molar-refractivity contribution >= 4 is 17.7 Å². The summed E-state index contributed by atoms with van der Waals surface area (Å²) in [5.41, 5.74) is 3.16. The topological polar surface area (TPSA) is 26.5 Å². The standard InChI is InChI=1S/C10H9N2/c1-2-4-8-5-3-6-9-10(8)12-7-11-9/h2-3,5-7H,1,4H2. The average molecular weight is 157 g/mol. The van der Waals surface area contributed by atoms with Crippen molar-refractivity contribution in [3.63, 3.8) is 0 Å². The molecule has 1 heterocycles. The van der Waals surface area contributed by atoms with E-state index in [1.165, 1.54) is 5.56 Å². The highest BCUT2D eigenvalue weighted by atomic mass is 15.0. The molecule has 0 spiro atoms. The van der Waals surface area contributed by atoms with Crippen molar-refractivity contribution in [3.8, 4) is 0 Å². The van der Waals surface area contributed by atoms with Crippen LogP contribution in [0.5, 0.6) is 0 Å². The summed E-state index contributed by atoms with van der Waals surface area (Å²) in [5, 5.41) is 4.12. The van der Waals surface area contributed by atoms with Gasteiger partial charge in [0, 0.05) is 0 Å². The number of aliphatic imine (C=N–C) groups is 1. The van der Waals surface area contributed by atoms with Crippen LogP contribution >= 0.6 is 0 Å². The maximum atomic E-state index is 4.18. The van der Waals surface area contributed by atoms with Gasteiger partial charge in [-0.2, -0.15) is 0 Å². The Labute approximate surface area is 71.6 Å². The van der Waals surface area contributed by atoms with Crippen LogP contribution in [0.3, 0.4) is 0 Å². The molecule has 2 nitrogen and oxygen atoms in total. The number of hydrogen-bond donors (Lipinski definition) is 0. The molecule has 0 saturated carbocycles. The smallest absolute Gasteiger partial charge is 0.116 e. The van der Waals surface area contributed by atoms with Crippen LogP contribution in [0.25, 0.3) is 0 Å². The molecule has 0 saturated heterocycles. The summed E-state index contributed by atoms with van der Waals surface area (Å²) in [6.45, 7) is 3.70. The molecule has 0 unspecified atom stereocenters. The molecule has 1 aromatic rings. The zero-order valence-corrected chi connectivity index (χ0v) is 6.70. The maximum Gasteiger partial charge on any atom is 0.116 e. The van der Waals surface area contributed by atoms with E-state index in [4.69, 9.17) is 0 Å². The van der Waals surface area contributed by atoms with Crippen LogP contribution in [0.2, 0.25) is 0 Å². The molecule has 0 N–H and O–H groups in total. The van der Waals surface area contributed by atoms with Crippen molar-refractivity contribution in [2.75, 3.05) is 0 Å². The minimum absolute atomic E-state index is 0.857. The lowest BCUT2D eigenvalue weighted by atomic mass is 10.1. The SMILES string of the molecule is C=CCc1cccc2c1N=C[N]2. The number of nitrogens with zero attached hydrogens (tertiary/aromatic N) is 2. The molecule has 0 aromatic heterocycles. The van der Waals surface area contributed by atoms with Crippen molar-refractivity contribution in [1.29, 1.82) is 0 Å². The normalized spacial score (nSPS) is 12.3. The third-order valence-electron chi connectivity index (χ3n) is 1.85. The Bertz CT molecular complexity index is 340. The molecule has 1 aliphatic heterocycles. The molecule has 0 bridgehead atoms. The molecular weight excluding hydrogens is 148 g/mol. The van der Waals surface area contributed by atoms with Crippen LogP contribution in [0.4, 0.5) is 11.4 Å². The Hall–Kier alpha value is -1.57. The number of para-hydroxylation sites is 1. The van der Waals surface area contributed by atoms with E-state index in [0.717, 1.165) is 17.8 Å². The van der Waals surface area contributed by atoms with Gasteiger partial charge in [-0.05, 0) is 18.1 Å². The van der Waals surface area contributed by atoms with E-state index in [0.29, 0.717) is 0 Å². The van der Waals surface area contributed by atoms with Gasteiger partial charge in [0.25, 0.3) is 0 Å². The van der Waals surface area contributed by atoms with E-state index in [2.05, 4.69) is 23.0 Å². The summed E-state index contributed by atoms with van der Waals surface area (Å²) in [4.78, 5) is 4.18. The van der Waals surface area contributed by atoms with Crippen molar-refractivity contribution in [2.24, 2.45) is 4.99 Å². The lowest BCUT2D eigenvalue weighted by Crippen LogP contribution is -1.86. The Balaban J connectivity index is 2.48. The van der Waals surface area contributed by atoms with Crippen molar-refractivity contribution in [1.82, 2.24) is 5.32 Å². The molecule has 0 atom stereocenters. The number of rotatable bonds is 2. The quantitative estimate of drug-likeness (QED) is 0.589. The molecule has 59 valence electrons. The lowest BCUT2D eigenvalue weighted by Gasteiger charge is -2.01. The van der Waals surface area contributed by atoms with Gasteiger partial charge >= 0.3 is 0 Å². The molecular formula is C10H9N2. The van der Waals surface area contributed by atoms with Crippen LogP contribution in [-0.2, 0) is 6.42 Å². The third-order valence-corrected chi connectivity index (χ3v) is 1.85. The fourth-order valence-corrected chi connectivity index (χ4v) is 1.30. The monoisotopic (exact) mass is 157 g/mol. The van der Waals surface area contributed by atoms with Gasteiger partial charge in [-0.25, -0.2) is 10.3 Å². The predicted octanol–water partition coefficient (Wildman–Crippen LogP) is 2.32. The molecule has 12 heavy (non-hydrogen) atoms. The van der Waals surface area contributed by atoms with Crippen LogP contribution < -0.4 is 5.32 Å². The average Bonchev–Trinajstić information content (AvgIpc) is 2.53. The minimum Gasteiger partial charge on any atom is -0.235 e. The first kappa shape index (κ1) is 7.10. The second kappa shape index (κ2) is 2.81. The van der Waals surface area contributed by atoms with E-state index < -0.39 is 0 Å². The summed E-state index contributed by atoms with van der Waals surface area (Å²) in [6, 6.07) is 6.02. The maximum absolute atomic E-state index is 4.18. The van der Waals surface area contributed by atoms with E-state index in [9.17, 15) is 0 Å². The molecule has 1 aliphatic rings. The number of allylic oxidation sites excluding steroid dienone is 1. The first-order valence-electron chi connectivity index (χ1n) is 3.88. The van der Waals surface area contributed by atoms with Gasteiger partial charge in [-0.3, -0.25) is 0 Å². The Morgan fingerprint density at radius 1 is 1.42 bits per heavy atom. The van der Waals surface area contributed by atoms with Gasteiger partial charge in [0.1, 0.15) is 6.34 Å². The molecule has 0 aliphatic carbocycles. The van der Waals surface area contributed by atoms with Crippen LogP contribution in [0.1, 0.15) is 5.56 Å². The highest BCUT2D eigenvalue weighted by Crippen LogP contribution is 2.32. The fourth-order valence-electron chi connectivity index (χ4n) is 1.30. The van der Waals surface area contributed by atoms with Gasteiger partial charge in [0.05, 0.1) is 11.4 Å². The Morgan fingerprint density at radius 2 is 2.33 bits per heavy atom. The van der Waals surface area contributed by atoms with E-state index in [-0.39, 0.29) is 0 Å². The summed E-state index contributed by atoms with van der Waals surface area (Å²) in [6.07, 6.45) is 4.33. The highest BCUT2D eigenvalue weighted by molar-refractivity contribution is 5.83. The second-order valence-corrected chi connectivity index (χ2v) is 2.65. The largest absolute Gasteiger partial charge is 0.235 e. The van der Waals surface area contributed by atoms with Gasteiger partial charge in [-0.1, -0.05) is 18.2 Å². The first-order chi connectivity index (χ1) is 5.92. The molecule has 1 aromatic carbocycles. The summed E-state index contributed by atoms with van der Waals surface area (Å²) in [5.74, 6) is 0. The molecule has 1 radical (unpaired) electrons. The van der Waals surface area contributed by atoms with Gasteiger partial charge in [-0.15, -0.1) is 6.58 Å². The van der Waals surface area contributed by atoms with Crippen molar-refractivity contribution in [2.45, 2.75) is 6.42 Å². The molecule has 0 amide bonds. The van der Waals surface area contributed by atoms with Gasteiger partial charge in [0.15, 0.2) is 0 Å². The molecule has 0 fully saturated rings. The minimum atomic E-state index is 0.857. The zero-order chi connectivity index (χ0) is 8.39. The van der Waals surface area contributed by atoms with E-state index in [1.807, 2.05) is 18.2 Å².